The number of thiazole rings is 2. The average molecular weight is 1110 g/mol. The van der Waals surface area contributed by atoms with Gasteiger partial charge in [0.2, 0.25) is 0 Å². The third-order valence-electron chi connectivity index (χ3n) is 13.6. The first-order valence-corrected chi connectivity index (χ1v) is 27.6. The van der Waals surface area contributed by atoms with Crippen LogP contribution in [0.1, 0.15) is 104 Å². The summed E-state index contributed by atoms with van der Waals surface area (Å²) in [4.78, 5) is 65.0. The SMILES string of the molecule is CC(C)Nc1nc([C@H]2c3ccccc3CN2C(=O)[C@H](O)[C@@H](O)C(=O)N[C@H](C)c2ccc(-n3cccn3)cc2)cs1.CCNc1nc([C@H]2c3ccccc3CN2C(=O)[C@H](O)[C@@H](O)C(=O)N[C@H](C)c2ccc(-n3cccn3)cc2)cs1. The highest BCUT2D eigenvalue weighted by atomic mass is 32.1. The number of rotatable bonds is 18. The maximum atomic E-state index is 13.5. The van der Waals surface area contributed by atoms with Crippen molar-refractivity contribution < 1.29 is 39.6 Å². The van der Waals surface area contributed by atoms with Crippen molar-refractivity contribution >= 4 is 56.6 Å². The van der Waals surface area contributed by atoms with Crippen LogP contribution < -0.4 is 21.3 Å². The van der Waals surface area contributed by atoms with E-state index in [9.17, 15) is 39.6 Å². The smallest absolute Gasteiger partial charge is 0.255 e. The summed E-state index contributed by atoms with van der Waals surface area (Å²) in [5.41, 5.74) is 8.27. The molecule has 8 N–H and O–H groups in total. The number of hydrogen-bond donors (Lipinski definition) is 8. The van der Waals surface area contributed by atoms with Crippen LogP contribution in [0.15, 0.2) is 145 Å². The third kappa shape index (κ3) is 12.4. The molecular formula is C57H62N12O8S2. The first-order chi connectivity index (χ1) is 38.1. The van der Waals surface area contributed by atoms with E-state index in [0.717, 1.165) is 55.0 Å². The molecule has 8 aromatic rings. The number of nitrogens with one attached hydrogen (secondary N) is 4. The van der Waals surface area contributed by atoms with Crippen LogP contribution in [0.5, 0.6) is 0 Å². The highest BCUT2D eigenvalue weighted by Gasteiger charge is 2.43. The van der Waals surface area contributed by atoms with Crippen molar-refractivity contribution in [2.45, 2.75) is 102 Å². The van der Waals surface area contributed by atoms with Crippen LogP contribution in [-0.2, 0) is 32.3 Å². The Bertz CT molecular complexity index is 3350. The number of fused-ring (bicyclic) bond motifs is 2. The molecular weight excluding hydrogens is 1040 g/mol. The number of carbonyl (C=O) groups is 4. The summed E-state index contributed by atoms with van der Waals surface area (Å²) >= 11 is 2.87. The van der Waals surface area contributed by atoms with Gasteiger partial charge in [-0.2, -0.15) is 10.2 Å². The molecule has 410 valence electrons. The maximum Gasteiger partial charge on any atom is 0.255 e. The van der Waals surface area contributed by atoms with E-state index in [4.69, 9.17) is 0 Å². The van der Waals surface area contributed by atoms with Crippen molar-refractivity contribution in [3.05, 3.63) is 190 Å². The highest BCUT2D eigenvalue weighted by molar-refractivity contribution is 7.14. The van der Waals surface area contributed by atoms with Gasteiger partial charge >= 0.3 is 0 Å². The minimum absolute atomic E-state index is 0.194. The van der Waals surface area contributed by atoms with Gasteiger partial charge in [0.25, 0.3) is 23.6 Å². The van der Waals surface area contributed by atoms with Gasteiger partial charge in [-0.25, -0.2) is 19.3 Å². The largest absolute Gasteiger partial charge is 0.380 e. The van der Waals surface area contributed by atoms with Crippen LogP contribution in [0.4, 0.5) is 10.3 Å². The Kier molecular flexibility index (Phi) is 17.4. The second-order valence-corrected chi connectivity index (χ2v) is 21.2. The minimum atomic E-state index is -1.95. The van der Waals surface area contributed by atoms with Gasteiger partial charge in [-0.05, 0) is 104 Å². The van der Waals surface area contributed by atoms with Crippen molar-refractivity contribution in [2.24, 2.45) is 0 Å². The lowest BCUT2D eigenvalue weighted by Gasteiger charge is -2.28. The predicted octanol–water partition coefficient (Wildman–Crippen LogP) is 5.97. The molecule has 2 aliphatic rings. The molecule has 0 bridgehead atoms. The summed E-state index contributed by atoms with van der Waals surface area (Å²) in [6.07, 6.45) is -0.752. The van der Waals surface area contributed by atoms with E-state index >= 15 is 0 Å². The molecule has 20 nitrogen and oxygen atoms in total. The second-order valence-electron chi connectivity index (χ2n) is 19.4. The lowest BCUT2D eigenvalue weighted by Crippen LogP contribution is -2.50. The Morgan fingerprint density at radius 1 is 0.570 bits per heavy atom. The Hall–Kier alpha value is -8.12. The fourth-order valence-electron chi connectivity index (χ4n) is 9.53. The van der Waals surface area contributed by atoms with Crippen LogP contribution in [-0.4, -0.2) is 120 Å². The molecule has 0 spiro atoms. The van der Waals surface area contributed by atoms with Crippen LogP contribution in [0.25, 0.3) is 11.4 Å². The van der Waals surface area contributed by atoms with Gasteiger partial charge in [0.1, 0.15) is 12.1 Å². The van der Waals surface area contributed by atoms with E-state index in [-0.39, 0.29) is 19.1 Å². The highest BCUT2D eigenvalue weighted by Crippen LogP contribution is 2.41. The Morgan fingerprint density at radius 3 is 1.39 bits per heavy atom. The molecule has 79 heavy (non-hydrogen) atoms. The fraction of sp³-hybridized carbons (Fsp3) is 0.298. The molecule has 4 aromatic heterocycles. The summed E-state index contributed by atoms with van der Waals surface area (Å²) < 4.78 is 3.44. The molecule has 4 amide bonds. The number of anilines is 2. The van der Waals surface area contributed by atoms with Gasteiger partial charge in [0.15, 0.2) is 34.7 Å². The van der Waals surface area contributed by atoms with Crippen molar-refractivity contribution in [2.75, 3.05) is 17.2 Å². The summed E-state index contributed by atoms with van der Waals surface area (Å²) in [7, 11) is 0. The standard InChI is InChI=1S/C29H32N6O4S.C28H30N6O4S/c1-17(2)31-29-33-23(16-40-29)24-22-8-5-4-7-20(22)15-34(24)28(39)26(37)25(36)27(38)32-18(3)19-9-11-21(12-10-19)35-14-6-13-30-35;1-3-29-28-32-22(16-39-28)23-21-8-5-4-7-19(21)15-33(23)27(38)25(36)24(35)26(37)31-17(2)18-9-11-20(12-10-18)34-14-6-13-30-34/h4-14,16-18,24-26,36-37H,15H2,1-3H3,(H,31,33)(H,32,38);4-14,16-17,23-25,35-36H,3,15H2,1-2H3,(H,29,32)(H,31,37)/t18-,24-,25-,26-;17-,23-,24-,25-/m11/s1. The number of amides is 4. The van der Waals surface area contributed by atoms with Crippen LogP contribution in [0, 0.1) is 0 Å². The summed E-state index contributed by atoms with van der Waals surface area (Å²) in [5.74, 6) is -3.16. The zero-order valence-electron chi connectivity index (χ0n) is 44.0. The van der Waals surface area contributed by atoms with E-state index < -0.39 is 72.2 Å². The van der Waals surface area contributed by atoms with Gasteiger partial charge in [0, 0.05) is 61.2 Å². The molecule has 2 aliphatic heterocycles. The monoisotopic (exact) mass is 1110 g/mol. The maximum absolute atomic E-state index is 13.5. The van der Waals surface area contributed by atoms with Gasteiger partial charge in [-0.3, -0.25) is 19.2 Å². The normalized spacial score (nSPS) is 16.8. The van der Waals surface area contributed by atoms with Crippen molar-refractivity contribution in [1.82, 2.24) is 50.0 Å². The van der Waals surface area contributed by atoms with E-state index in [1.165, 1.54) is 32.5 Å². The number of aliphatic hydroxyl groups is 4. The lowest BCUT2D eigenvalue weighted by molar-refractivity contribution is -0.154. The first kappa shape index (κ1) is 55.6. The molecule has 4 aromatic carbocycles. The summed E-state index contributed by atoms with van der Waals surface area (Å²) in [6, 6.07) is 31.9. The second kappa shape index (κ2) is 24.7. The molecule has 22 heteroatoms. The summed E-state index contributed by atoms with van der Waals surface area (Å²) in [6.45, 7) is 10.7. The molecule has 0 saturated heterocycles. The minimum Gasteiger partial charge on any atom is -0.380 e. The van der Waals surface area contributed by atoms with Crippen LogP contribution in [0.2, 0.25) is 0 Å². The van der Waals surface area contributed by atoms with E-state index in [1.807, 2.05) is 153 Å². The predicted molar refractivity (Wildman–Crippen MR) is 299 cm³/mol. The summed E-state index contributed by atoms with van der Waals surface area (Å²) in [5, 5.41) is 68.5. The molecule has 10 rings (SSSR count). The van der Waals surface area contributed by atoms with Crippen molar-refractivity contribution in [3.63, 3.8) is 0 Å². The Morgan fingerprint density at radius 2 is 0.987 bits per heavy atom. The Balaban J connectivity index is 0.000000192. The number of hydrogen-bond acceptors (Lipinski definition) is 16. The topological polar surface area (TPSA) is 265 Å². The van der Waals surface area contributed by atoms with E-state index in [0.29, 0.717) is 17.9 Å². The average Bonchev–Trinajstić information content (AvgIpc) is 4.50. The molecule has 0 unspecified atom stereocenters. The van der Waals surface area contributed by atoms with Crippen molar-refractivity contribution in [1.29, 1.82) is 0 Å². The number of aliphatic hydroxyl groups excluding tert-OH is 4. The number of nitrogens with zero attached hydrogens (tertiary/aromatic N) is 8. The quantitative estimate of drug-likeness (QED) is 0.0492. The molecule has 0 aliphatic carbocycles. The molecule has 6 heterocycles. The lowest BCUT2D eigenvalue weighted by atomic mass is 10.0. The number of aromatic nitrogens is 6. The Labute approximate surface area is 464 Å². The van der Waals surface area contributed by atoms with Gasteiger partial charge in [-0.1, -0.05) is 72.8 Å². The fourth-order valence-corrected chi connectivity index (χ4v) is 11.2. The first-order valence-electron chi connectivity index (χ1n) is 25.8. The molecule has 8 atom stereocenters. The molecule has 0 fully saturated rings. The molecule has 0 radical (unpaired) electrons. The van der Waals surface area contributed by atoms with Crippen LogP contribution in [0.3, 0.4) is 0 Å². The zero-order valence-corrected chi connectivity index (χ0v) is 45.6. The zero-order chi connectivity index (χ0) is 55.9. The van der Waals surface area contributed by atoms with Crippen LogP contribution >= 0.6 is 22.7 Å². The van der Waals surface area contributed by atoms with Crippen molar-refractivity contribution in [3.8, 4) is 11.4 Å². The van der Waals surface area contributed by atoms with Gasteiger partial charge in [0.05, 0.1) is 34.8 Å². The van der Waals surface area contributed by atoms with Gasteiger partial charge in [-0.15, -0.1) is 22.7 Å². The third-order valence-corrected chi connectivity index (χ3v) is 15.2. The van der Waals surface area contributed by atoms with Gasteiger partial charge < -0.3 is 51.5 Å². The van der Waals surface area contributed by atoms with E-state index in [1.54, 1.807) is 35.6 Å². The number of benzene rings is 4. The molecule has 0 saturated carbocycles. The van der Waals surface area contributed by atoms with E-state index in [2.05, 4.69) is 41.4 Å². The number of carbonyl (C=O) groups excluding carboxylic acids is 4.